The van der Waals surface area contributed by atoms with Gasteiger partial charge in [-0.3, -0.25) is 4.79 Å². The lowest BCUT2D eigenvalue weighted by Gasteiger charge is -2.18. The zero-order valence-corrected chi connectivity index (χ0v) is 15.4. The van der Waals surface area contributed by atoms with Crippen molar-refractivity contribution >= 4 is 23.5 Å². The monoisotopic (exact) mass is 359 g/mol. The van der Waals surface area contributed by atoms with Crippen molar-refractivity contribution in [1.82, 2.24) is 5.32 Å². The van der Waals surface area contributed by atoms with Crippen molar-refractivity contribution in [1.29, 1.82) is 0 Å². The van der Waals surface area contributed by atoms with Crippen LogP contribution in [0.1, 0.15) is 42.3 Å². The molecule has 0 aliphatic heterocycles. The maximum absolute atomic E-state index is 12.0. The summed E-state index contributed by atoms with van der Waals surface area (Å²) in [6, 6.07) is 14.4. The van der Waals surface area contributed by atoms with Gasteiger partial charge < -0.3 is 10.1 Å². The van der Waals surface area contributed by atoms with E-state index in [4.69, 9.17) is 16.3 Å². The molecule has 5 heteroatoms. The number of carbonyl (C=O) groups excluding carboxylic acids is 2. The SMILES string of the molecule is CC(C)(C)c1ccc(C(=O)OCC(=O)NCc2ccc(Cl)cc2)cc1. The molecule has 4 nitrogen and oxygen atoms in total. The Balaban J connectivity index is 1.80. The molecule has 2 aromatic rings. The van der Waals surface area contributed by atoms with Crippen LogP contribution in [0.3, 0.4) is 0 Å². The van der Waals surface area contributed by atoms with E-state index in [1.54, 1.807) is 24.3 Å². The molecule has 2 rings (SSSR count). The number of ether oxygens (including phenoxy) is 1. The first-order valence-corrected chi connectivity index (χ1v) is 8.42. The summed E-state index contributed by atoms with van der Waals surface area (Å²) in [6.07, 6.45) is 0. The molecule has 0 aromatic heterocycles. The Morgan fingerprint density at radius 1 is 1.00 bits per heavy atom. The summed E-state index contributed by atoms with van der Waals surface area (Å²) in [5, 5.41) is 3.34. The lowest BCUT2D eigenvalue weighted by atomic mass is 9.87. The van der Waals surface area contributed by atoms with E-state index in [1.807, 2.05) is 24.3 Å². The topological polar surface area (TPSA) is 55.4 Å². The quantitative estimate of drug-likeness (QED) is 0.817. The standard InChI is InChI=1S/C20H22ClNO3/c1-20(2,3)16-8-6-15(7-9-16)19(24)25-13-18(23)22-12-14-4-10-17(21)11-5-14/h4-11H,12-13H2,1-3H3,(H,22,23). The molecule has 0 aliphatic carbocycles. The summed E-state index contributed by atoms with van der Waals surface area (Å²) in [7, 11) is 0. The highest BCUT2D eigenvalue weighted by Crippen LogP contribution is 2.22. The minimum Gasteiger partial charge on any atom is -0.452 e. The van der Waals surface area contributed by atoms with E-state index in [0.717, 1.165) is 11.1 Å². The zero-order valence-electron chi connectivity index (χ0n) is 14.6. The fourth-order valence-electron chi connectivity index (χ4n) is 2.17. The fraction of sp³-hybridized carbons (Fsp3) is 0.300. The van der Waals surface area contributed by atoms with Crippen LogP contribution in [-0.2, 0) is 21.5 Å². The third-order valence-electron chi connectivity index (χ3n) is 3.72. The molecule has 0 fully saturated rings. The molecule has 0 aliphatic rings. The summed E-state index contributed by atoms with van der Waals surface area (Å²) < 4.78 is 5.05. The van der Waals surface area contributed by atoms with Gasteiger partial charge in [-0.2, -0.15) is 0 Å². The summed E-state index contributed by atoms with van der Waals surface area (Å²) in [5.41, 5.74) is 2.49. The van der Waals surface area contributed by atoms with E-state index < -0.39 is 5.97 Å². The molecule has 1 amide bonds. The predicted octanol–water partition coefficient (Wildman–Crippen LogP) is 4.11. The van der Waals surface area contributed by atoms with Crippen LogP contribution in [0.4, 0.5) is 0 Å². The van der Waals surface area contributed by atoms with Crippen LogP contribution in [0.15, 0.2) is 48.5 Å². The first-order valence-electron chi connectivity index (χ1n) is 8.04. The molecular weight excluding hydrogens is 338 g/mol. The average molecular weight is 360 g/mol. The van der Waals surface area contributed by atoms with Gasteiger partial charge in [0.2, 0.25) is 0 Å². The van der Waals surface area contributed by atoms with Crippen molar-refractivity contribution in [3.05, 3.63) is 70.2 Å². The number of benzene rings is 2. The number of rotatable bonds is 5. The minimum absolute atomic E-state index is 0.0178. The molecule has 0 saturated carbocycles. The molecule has 132 valence electrons. The normalized spacial score (nSPS) is 11.0. The third kappa shape index (κ3) is 5.91. The Kier molecular flexibility index (Phi) is 6.21. The maximum Gasteiger partial charge on any atom is 0.338 e. The molecule has 0 unspecified atom stereocenters. The average Bonchev–Trinajstić information content (AvgIpc) is 2.58. The lowest BCUT2D eigenvalue weighted by Crippen LogP contribution is -2.28. The molecule has 0 spiro atoms. The second-order valence-corrected chi connectivity index (χ2v) is 7.24. The highest BCUT2D eigenvalue weighted by Gasteiger charge is 2.15. The predicted molar refractivity (Wildman–Crippen MR) is 98.7 cm³/mol. The van der Waals surface area contributed by atoms with E-state index in [0.29, 0.717) is 17.1 Å². The molecular formula is C20H22ClNO3. The smallest absolute Gasteiger partial charge is 0.338 e. The van der Waals surface area contributed by atoms with Crippen LogP contribution in [0.5, 0.6) is 0 Å². The Bertz CT molecular complexity index is 731. The summed E-state index contributed by atoms with van der Waals surface area (Å²) in [4.78, 5) is 23.8. The summed E-state index contributed by atoms with van der Waals surface area (Å²) in [5.74, 6) is -0.864. The molecule has 0 saturated heterocycles. The van der Waals surface area contributed by atoms with Crippen LogP contribution in [0.25, 0.3) is 0 Å². The molecule has 25 heavy (non-hydrogen) atoms. The Hall–Kier alpha value is -2.33. The van der Waals surface area contributed by atoms with Gasteiger partial charge in [0.15, 0.2) is 6.61 Å². The van der Waals surface area contributed by atoms with Gasteiger partial charge in [-0.15, -0.1) is 0 Å². The van der Waals surface area contributed by atoms with Crippen molar-refractivity contribution < 1.29 is 14.3 Å². The number of hydrogen-bond donors (Lipinski definition) is 1. The van der Waals surface area contributed by atoms with E-state index in [2.05, 4.69) is 26.1 Å². The van der Waals surface area contributed by atoms with Gasteiger partial charge in [-0.25, -0.2) is 4.79 Å². The van der Waals surface area contributed by atoms with Crippen LogP contribution in [-0.4, -0.2) is 18.5 Å². The maximum atomic E-state index is 12.0. The molecule has 1 N–H and O–H groups in total. The van der Waals surface area contributed by atoms with Crippen LogP contribution in [0.2, 0.25) is 5.02 Å². The third-order valence-corrected chi connectivity index (χ3v) is 3.98. The van der Waals surface area contributed by atoms with Gasteiger partial charge in [0.1, 0.15) is 0 Å². The minimum atomic E-state index is -0.512. The molecule has 2 aromatic carbocycles. The Labute approximate surface area is 153 Å². The first kappa shape index (κ1) is 19.0. The molecule has 0 heterocycles. The van der Waals surface area contributed by atoms with Gasteiger partial charge in [0.05, 0.1) is 5.56 Å². The van der Waals surface area contributed by atoms with Crippen molar-refractivity contribution in [2.45, 2.75) is 32.7 Å². The van der Waals surface area contributed by atoms with Gasteiger partial charge in [0.25, 0.3) is 5.91 Å². The number of carbonyl (C=O) groups is 2. The highest BCUT2D eigenvalue weighted by molar-refractivity contribution is 6.30. The lowest BCUT2D eigenvalue weighted by molar-refractivity contribution is -0.124. The van der Waals surface area contributed by atoms with Crippen molar-refractivity contribution in [2.24, 2.45) is 0 Å². The van der Waals surface area contributed by atoms with Crippen molar-refractivity contribution in [3.8, 4) is 0 Å². The van der Waals surface area contributed by atoms with Crippen LogP contribution < -0.4 is 5.32 Å². The van der Waals surface area contributed by atoms with Gasteiger partial charge in [-0.05, 0) is 40.8 Å². The Morgan fingerprint density at radius 3 is 2.16 bits per heavy atom. The zero-order chi connectivity index (χ0) is 18.4. The fourth-order valence-corrected chi connectivity index (χ4v) is 2.30. The number of hydrogen-bond acceptors (Lipinski definition) is 3. The Morgan fingerprint density at radius 2 is 1.60 bits per heavy atom. The number of amides is 1. The largest absolute Gasteiger partial charge is 0.452 e. The second kappa shape index (κ2) is 8.17. The van der Waals surface area contributed by atoms with E-state index in [1.165, 1.54) is 0 Å². The van der Waals surface area contributed by atoms with Gasteiger partial charge >= 0.3 is 5.97 Å². The molecule has 0 atom stereocenters. The van der Waals surface area contributed by atoms with Crippen molar-refractivity contribution in [2.75, 3.05) is 6.61 Å². The molecule has 0 bridgehead atoms. The molecule has 0 radical (unpaired) electrons. The summed E-state index contributed by atoms with van der Waals surface area (Å²) in [6.45, 7) is 6.35. The van der Waals surface area contributed by atoms with E-state index >= 15 is 0 Å². The second-order valence-electron chi connectivity index (χ2n) is 6.81. The van der Waals surface area contributed by atoms with E-state index in [9.17, 15) is 9.59 Å². The number of esters is 1. The summed E-state index contributed by atoms with van der Waals surface area (Å²) >= 11 is 5.81. The van der Waals surface area contributed by atoms with Gasteiger partial charge in [-0.1, -0.05) is 56.6 Å². The number of nitrogens with one attached hydrogen (secondary N) is 1. The first-order chi connectivity index (χ1) is 11.8. The van der Waals surface area contributed by atoms with Crippen molar-refractivity contribution in [3.63, 3.8) is 0 Å². The van der Waals surface area contributed by atoms with Gasteiger partial charge in [0, 0.05) is 11.6 Å². The number of halogens is 1. The highest BCUT2D eigenvalue weighted by atomic mass is 35.5. The van der Waals surface area contributed by atoms with Crippen LogP contribution in [0, 0.1) is 0 Å². The van der Waals surface area contributed by atoms with Crippen LogP contribution >= 0.6 is 11.6 Å². The van der Waals surface area contributed by atoms with E-state index in [-0.39, 0.29) is 17.9 Å².